The Morgan fingerprint density at radius 3 is 3.11 bits per heavy atom. The molecule has 3 rings (SSSR count). The Balaban J connectivity index is 1.87. The molecule has 1 amide bonds. The third-order valence-electron chi connectivity index (χ3n) is 3.23. The van der Waals surface area contributed by atoms with Crippen LogP contribution in [0.5, 0.6) is 0 Å². The molecule has 94 valence electrons. The summed E-state index contributed by atoms with van der Waals surface area (Å²) in [4.78, 5) is 30.0. The van der Waals surface area contributed by atoms with Crippen molar-refractivity contribution in [2.75, 3.05) is 7.05 Å². The van der Waals surface area contributed by atoms with Crippen LogP contribution in [-0.4, -0.2) is 33.4 Å². The fraction of sp³-hybridized carbons (Fsp3) is 0.417. The summed E-state index contributed by atoms with van der Waals surface area (Å²) in [5.41, 5.74) is 0.566. The van der Waals surface area contributed by atoms with E-state index in [2.05, 4.69) is 4.98 Å². The summed E-state index contributed by atoms with van der Waals surface area (Å²) in [6, 6.07) is 2.18. The van der Waals surface area contributed by atoms with Crippen LogP contribution in [0.2, 0.25) is 0 Å². The van der Waals surface area contributed by atoms with Gasteiger partial charge in [-0.05, 0) is 24.3 Å². The van der Waals surface area contributed by atoms with E-state index in [1.807, 2.05) is 11.4 Å². The predicted molar refractivity (Wildman–Crippen MR) is 69.7 cm³/mol. The topological polar surface area (TPSA) is 55.2 Å². The van der Waals surface area contributed by atoms with E-state index in [1.165, 1.54) is 22.2 Å². The summed E-state index contributed by atoms with van der Waals surface area (Å²) >= 11 is 1.36. The Hall–Kier alpha value is -1.69. The fourth-order valence-electron chi connectivity index (χ4n) is 1.91. The molecular weight excluding hydrogens is 250 g/mol. The zero-order valence-electron chi connectivity index (χ0n) is 10.00. The monoisotopic (exact) mass is 263 g/mol. The molecule has 0 aromatic carbocycles. The number of carbonyl (C=O) groups excluding carboxylic acids is 1. The maximum atomic E-state index is 12.1. The van der Waals surface area contributed by atoms with Gasteiger partial charge in [0.05, 0.1) is 11.8 Å². The first-order valence-corrected chi connectivity index (χ1v) is 6.73. The molecule has 2 aromatic rings. The molecule has 0 atom stereocenters. The number of fused-ring (bicyclic) bond motifs is 1. The lowest BCUT2D eigenvalue weighted by Gasteiger charge is -2.16. The molecule has 2 aromatic heterocycles. The first-order valence-electron chi connectivity index (χ1n) is 5.85. The number of aromatic nitrogens is 2. The summed E-state index contributed by atoms with van der Waals surface area (Å²) in [7, 11) is 1.79. The van der Waals surface area contributed by atoms with E-state index >= 15 is 0 Å². The van der Waals surface area contributed by atoms with Gasteiger partial charge in [-0.1, -0.05) is 0 Å². The van der Waals surface area contributed by atoms with Crippen LogP contribution in [0.3, 0.4) is 0 Å². The molecule has 5 nitrogen and oxygen atoms in total. The minimum Gasteiger partial charge on any atom is -0.341 e. The van der Waals surface area contributed by atoms with E-state index in [0.29, 0.717) is 16.3 Å². The van der Waals surface area contributed by atoms with E-state index in [4.69, 9.17) is 0 Å². The molecule has 0 N–H and O–H groups in total. The van der Waals surface area contributed by atoms with Crippen molar-refractivity contribution < 1.29 is 4.79 Å². The summed E-state index contributed by atoms with van der Waals surface area (Å²) < 4.78 is 2.00. The highest BCUT2D eigenvalue weighted by molar-refractivity contribution is 7.17. The zero-order chi connectivity index (χ0) is 12.7. The molecule has 1 fully saturated rings. The number of hydrogen-bond acceptors (Lipinski definition) is 4. The van der Waals surface area contributed by atoms with E-state index < -0.39 is 0 Å². The maximum Gasteiger partial charge on any atom is 0.271 e. The Morgan fingerprint density at radius 1 is 1.61 bits per heavy atom. The molecule has 6 heteroatoms. The molecule has 0 spiro atoms. The third-order valence-corrected chi connectivity index (χ3v) is 4.12. The van der Waals surface area contributed by atoms with Crippen LogP contribution in [0.25, 0.3) is 10.2 Å². The Morgan fingerprint density at radius 2 is 2.39 bits per heavy atom. The molecule has 18 heavy (non-hydrogen) atoms. The molecule has 1 saturated carbocycles. The highest BCUT2D eigenvalue weighted by atomic mass is 32.1. The largest absolute Gasteiger partial charge is 0.341 e. The van der Waals surface area contributed by atoms with Crippen LogP contribution in [-0.2, 0) is 11.3 Å². The predicted octanol–water partition coefficient (Wildman–Crippen LogP) is 1.08. The van der Waals surface area contributed by atoms with Gasteiger partial charge in [-0.15, -0.1) is 11.3 Å². The second-order valence-electron chi connectivity index (χ2n) is 4.55. The lowest BCUT2D eigenvalue weighted by atomic mass is 10.4. The van der Waals surface area contributed by atoms with Crippen LogP contribution in [0.1, 0.15) is 12.8 Å². The van der Waals surface area contributed by atoms with Crippen molar-refractivity contribution in [2.24, 2.45) is 0 Å². The Bertz CT molecular complexity index is 657. The first-order chi connectivity index (χ1) is 8.66. The van der Waals surface area contributed by atoms with Crippen molar-refractivity contribution in [1.29, 1.82) is 0 Å². The number of thiophene rings is 1. The first kappa shape index (κ1) is 11.4. The normalized spacial score (nSPS) is 14.9. The van der Waals surface area contributed by atoms with E-state index in [0.717, 1.165) is 12.8 Å². The molecule has 0 unspecified atom stereocenters. The summed E-state index contributed by atoms with van der Waals surface area (Å²) in [6.07, 6.45) is 3.59. The van der Waals surface area contributed by atoms with Crippen LogP contribution in [0.15, 0.2) is 22.6 Å². The van der Waals surface area contributed by atoms with Gasteiger partial charge in [0.15, 0.2) is 0 Å². The van der Waals surface area contributed by atoms with Crippen LogP contribution in [0.4, 0.5) is 0 Å². The van der Waals surface area contributed by atoms with Crippen molar-refractivity contribution in [3.05, 3.63) is 28.1 Å². The number of likely N-dealkylation sites (N-methyl/N-ethyl adjacent to an activating group) is 1. The average molecular weight is 263 g/mol. The van der Waals surface area contributed by atoms with Gasteiger partial charge in [0.25, 0.3) is 5.56 Å². The molecule has 0 bridgehead atoms. The smallest absolute Gasteiger partial charge is 0.271 e. The van der Waals surface area contributed by atoms with Gasteiger partial charge in [0.2, 0.25) is 5.91 Å². The molecule has 0 radical (unpaired) electrons. The van der Waals surface area contributed by atoms with Crippen LogP contribution < -0.4 is 5.56 Å². The summed E-state index contributed by atoms with van der Waals surface area (Å²) in [6.45, 7) is 0.0761. The lowest BCUT2D eigenvalue weighted by molar-refractivity contribution is -0.131. The second kappa shape index (κ2) is 4.20. The number of rotatable bonds is 3. The molecule has 1 aliphatic carbocycles. The van der Waals surface area contributed by atoms with Gasteiger partial charge >= 0.3 is 0 Å². The quantitative estimate of drug-likeness (QED) is 0.832. The number of nitrogens with zero attached hydrogens (tertiary/aromatic N) is 3. The van der Waals surface area contributed by atoms with Gasteiger partial charge in [-0.3, -0.25) is 14.2 Å². The molecule has 0 aliphatic heterocycles. The minimum absolute atomic E-state index is 0.0303. The van der Waals surface area contributed by atoms with Crippen molar-refractivity contribution in [3.63, 3.8) is 0 Å². The number of carbonyl (C=O) groups is 1. The summed E-state index contributed by atoms with van der Waals surface area (Å²) in [5.74, 6) is -0.0303. The molecule has 1 aliphatic rings. The highest BCUT2D eigenvalue weighted by Crippen LogP contribution is 2.25. The average Bonchev–Trinajstić information content (AvgIpc) is 3.10. The maximum absolute atomic E-state index is 12.1. The fourth-order valence-corrected chi connectivity index (χ4v) is 2.71. The molecule has 0 saturated heterocycles. The van der Waals surface area contributed by atoms with Crippen molar-refractivity contribution >= 4 is 27.5 Å². The summed E-state index contributed by atoms with van der Waals surface area (Å²) in [5, 5.41) is 1.83. The van der Waals surface area contributed by atoms with E-state index in [-0.39, 0.29) is 18.0 Å². The van der Waals surface area contributed by atoms with E-state index in [1.54, 1.807) is 11.9 Å². The lowest BCUT2D eigenvalue weighted by Crippen LogP contribution is -2.35. The molecular formula is C12H13N3O2S. The zero-order valence-corrected chi connectivity index (χ0v) is 10.8. The van der Waals surface area contributed by atoms with E-state index in [9.17, 15) is 9.59 Å². The van der Waals surface area contributed by atoms with Crippen molar-refractivity contribution in [1.82, 2.24) is 14.5 Å². The van der Waals surface area contributed by atoms with Gasteiger partial charge in [0.1, 0.15) is 11.2 Å². The van der Waals surface area contributed by atoms with Gasteiger partial charge in [-0.25, -0.2) is 4.98 Å². The van der Waals surface area contributed by atoms with Gasteiger partial charge < -0.3 is 4.90 Å². The van der Waals surface area contributed by atoms with Crippen LogP contribution in [0, 0.1) is 0 Å². The highest BCUT2D eigenvalue weighted by Gasteiger charge is 2.29. The van der Waals surface area contributed by atoms with Gasteiger partial charge in [0, 0.05) is 13.1 Å². The van der Waals surface area contributed by atoms with Crippen molar-refractivity contribution in [3.8, 4) is 0 Å². The van der Waals surface area contributed by atoms with Gasteiger partial charge in [-0.2, -0.15) is 0 Å². The van der Waals surface area contributed by atoms with Crippen LogP contribution >= 0.6 is 11.3 Å². The molecule has 2 heterocycles. The number of amides is 1. The second-order valence-corrected chi connectivity index (χ2v) is 5.46. The Labute approximate surface area is 108 Å². The standard InChI is InChI=1S/C12H13N3O2S/c1-14(8-2-3-8)10(16)6-15-7-13-9-4-5-18-11(9)12(15)17/h4-5,7-8H,2-3,6H2,1H3. The van der Waals surface area contributed by atoms with Crippen molar-refractivity contribution in [2.45, 2.75) is 25.4 Å². The Kier molecular flexibility index (Phi) is 2.66. The minimum atomic E-state index is -0.132. The SMILES string of the molecule is CN(C(=O)Cn1cnc2ccsc2c1=O)C1CC1. The third kappa shape index (κ3) is 1.92. The number of hydrogen-bond donors (Lipinski definition) is 0.